The highest BCUT2D eigenvalue weighted by atomic mass is 32.1. The van der Waals surface area contributed by atoms with Gasteiger partial charge in [0.15, 0.2) is 5.13 Å². The number of benzene rings is 1. The molecule has 25 heavy (non-hydrogen) atoms. The van der Waals surface area contributed by atoms with Crippen molar-refractivity contribution in [2.45, 2.75) is 19.0 Å². The van der Waals surface area contributed by atoms with Crippen LogP contribution >= 0.6 is 11.3 Å². The Bertz CT molecular complexity index is 710. The minimum absolute atomic E-state index is 0.0876. The third-order valence-corrected chi connectivity index (χ3v) is 5.09. The molecule has 8 heteroatoms. The Kier molecular flexibility index (Phi) is 5.27. The topological polar surface area (TPSA) is 36.4 Å². The summed E-state index contributed by atoms with van der Waals surface area (Å²) in [5.41, 5.74) is -0.485. The molecule has 1 fully saturated rings. The smallest absolute Gasteiger partial charge is 0.345 e. The zero-order valence-corrected chi connectivity index (χ0v) is 14.3. The lowest BCUT2D eigenvalue weighted by atomic mass is 10.0. The number of halogens is 3. The summed E-state index contributed by atoms with van der Waals surface area (Å²) in [4.78, 5) is 20.4. The molecule has 4 nitrogen and oxygen atoms in total. The Morgan fingerprint density at radius 2 is 1.88 bits per heavy atom. The van der Waals surface area contributed by atoms with Crippen molar-refractivity contribution in [3.8, 4) is 0 Å². The highest BCUT2D eigenvalue weighted by Crippen LogP contribution is 2.32. The van der Waals surface area contributed by atoms with Crippen molar-refractivity contribution < 1.29 is 18.0 Å². The molecule has 134 valence electrons. The number of piperazine rings is 1. The second kappa shape index (κ2) is 7.43. The van der Waals surface area contributed by atoms with Crippen molar-refractivity contribution in [1.29, 1.82) is 0 Å². The van der Waals surface area contributed by atoms with E-state index in [4.69, 9.17) is 0 Å². The Morgan fingerprint density at radius 1 is 1.16 bits per heavy atom. The summed E-state index contributed by atoms with van der Waals surface area (Å²) in [6, 6.07) is 5.44. The van der Waals surface area contributed by atoms with Crippen LogP contribution in [0, 0.1) is 0 Å². The van der Waals surface area contributed by atoms with E-state index in [1.54, 1.807) is 28.5 Å². The van der Waals surface area contributed by atoms with Crippen molar-refractivity contribution in [3.63, 3.8) is 0 Å². The molecule has 0 radical (unpaired) electrons. The molecule has 1 amide bonds. The monoisotopic (exact) mass is 369 g/mol. The van der Waals surface area contributed by atoms with Crippen LogP contribution in [0.1, 0.15) is 17.5 Å². The minimum atomic E-state index is -4.39. The van der Waals surface area contributed by atoms with Gasteiger partial charge in [-0.05, 0) is 18.1 Å². The number of carbonyl (C=O) groups is 1. The molecule has 1 saturated heterocycles. The molecule has 0 N–H and O–H groups in total. The number of anilines is 1. The second-order valence-electron chi connectivity index (χ2n) is 5.84. The molecular weight excluding hydrogens is 351 g/mol. The lowest BCUT2D eigenvalue weighted by molar-refractivity contribution is -0.138. The summed E-state index contributed by atoms with van der Waals surface area (Å²) in [6.07, 6.45) is -2.46. The summed E-state index contributed by atoms with van der Waals surface area (Å²) < 4.78 is 39.0. The summed E-state index contributed by atoms with van der Waals surface area (Å²) in [5, 5.41) is 2.84. The van der Waals surface area contributed by atoms with Crippen molar-refractivity contribution in [2.75, 3.05) is 31.1 Å². The highest BCUT2D eigenvalue weighted by molar-refractivity contribution is 7.13. The van der Waals surface area contributed by atoms with Crippen molar-refractivity contribution in [2.24, 2.45) is 0 Å². The summed E-state index contributed by atoms with van der Waals surface area (Å²) >= 11 is 1.56. The SMILES string of the molecule is O=C(CCc1ccccc1C(F)(F)F)N1CCN(c2nccs2)CC1. The number of alkyl halides is 3. The number of thiazole rings is 1. The summed E-state index contributed by atoms with van der Waals surface area (Å²) in [6.45, 7) is 2.52. The van der Waals surface area contributed by atoms with Gasteiger partial charge in [-0.3, -0.25) is 4.79 Å². The van der Waals surface area contributed by atoms with E-state index in [1.807, 2.05) is 5.38 Å². The maximum atomic E-state index is 13.0. The number of hydrogen-bond donors (Lipinski definition) is 0. The Balaban J connectivity index is 1.54. The number of aryl methyl sites for hydroxylation is 1. The average Bonchev–Trinajstić information content (AvgIpc) is 3.14. The van der Waals surface area contributed by atoms with E-state index < -0.39 is 11.7 Å². The predicted molar refractivity (Wildman–Crippen MR) is 90.7 cm³/mol. The number of amides is 1. The predicted octanol–water partition coefficient (Wildman–Crippen LogP) is 3.44. The third kappa shape index (κ3) is 4.31. The van der Waals surface area contributed by atoms with Gasteiger partial charge >= 0.3 is 6.18 Å². The van der Waals surface area contributed by atoms with Gasteiger partial charge in [0, 0.05) is 44.2 Å². The minimum Gasteiger partial charge on any atom is -0.345 e. The quantitative estimate of drug-likeness (QED) is 0.828. The van der Waals surface area contributed by atoms with Crippen molar-refractivity contribution >= 4 is 22.4 Å². The van der Waals surface area contributed by atoms with E-state index in [1.165, 1.54) is 12.1 Å². The number of nitrogens with zero attached hydrogens (tertiary/aromatic N) is 3. The Labute approximate surface area is 147 Å². The van der Waals surface area contributed by atoms with Crippen LogP contribution in [0.4, 0.5) is 18.3 Å². The molecule has 0 bridgehead atoms. The highest BCUT2D eigenvalue weighted by Gasteiger charge is 2.33. The lowest BCUT2D eigenvalue weighted by Gasteiger charge is -2.34. The Hall–Kier alpha value is -2.09. The number of carbonyl (C=O) groups excluding carboxylic acids is 1. The largest absolute Gasteiger partial charge is 0.416 e. The fraction of sp³-hybridized carbons (Fsp3) is 0.412. The van der Waals surface area contributed by atoms with Crippen LogP contribution in [0.2, 0.25) is 0 Å². The van der Waals surface area contributed by atoms with E-state index >= 15 is 0 Å². The zero-order chi connectivity index (χ0) is 17.9. The molecule has 0 spiro atoms. The molecule has 1 aromatic carbocycles. The fourth-order valence-corrected chi connectivity index (χ4v) is 3.63. The van der Waals surface area contributed by atoms with E-state index in [0.717, 1.165) is 11.2 Å². The molecule has 0 saturated carbocycles. The van der Waals surface area contributed by atoms with Crippen LogP contribution in [0.5, 0.6) is 0 Å². The average molecular weight is 369 g/mol. The van der Waals surface area contributed by atoms with E-state index in [9.17, 15) is 18.0 Å². The van der Waals surface area contributed by atoms with Crippen molar-refractivity contribution in [3.05, 3.63) is 47.0 Å². The standard InChI is InChI=1S/C17H18F3N3OS/c18-17(19,20)14-4-2-1-3-13(14)5-6-15(24)22-8-10-23(11-9-22)16-21-7-12-25-16/h1-4,7,12H,5-6,8-11H2. The third-order valence-electron chi connectivity index (χ3n) is 4.25. The maximum absolute atomic E-state index is 13.0. The van der Waals surface area contributed by atoms with Gasteiger partial charge in [0.05, 0.1) is 5.56 Å². The van der Waals surface area contributed by atoms with E-state index in [2.05, 4.69) is 9.88 Å². The van der Waals surface area contributed by atoms with E-state index in [0.29, 0.717) is 26.2 Å². The molecule has 2 heterocycles. The van der Waals surface area contributed by atoms with E-state index in [-0.39, 0.29) is 24.3 Å². The molecule has 2 aromatic rings. The van der Waals surface area contributed by atoms with Crippen LogP contribution in [-0.2, 0) is 17.4 Å². The first kappa shape index (κ1) is 17.7. The van der Waals surface area contributed by atoms with Crippen LogP contribution in [0.3, 0.4) is 0 Å². The fourth-order valence-electron chi connectivity index (χ4n) is 2.93. The molecule has 3 rings (SSSR count). The van der Waals surface area contributed by atoms with Crippen LogP contribution in [-0.4, -0.2) is 42.0 Å². The van der Waals surface area contributed by atoms with Crippen LogP contribution in [0.15, 0.2) is 35.8 Å². The first-order valence-electron chi connectivity index (χ1n) is 8.02. The van der Waals surface area contributed by atoms with Gasteiger partial charge in [-0.1, -0.05) is 18.2 Å². The summed E-state index contributed by atoms with van der Waals surface area (Å²) in [5.74, 6) is -0.101. The van der Waals surface area contributed by atoms with Gasteiger partial charge < -0.3 is 9.80 Å². The second-order valence-corrected chi connectivity index (χ2v) is 6.71. The van der Waals surface area contributed by atoms with Gasteiger partial charge in [0.1, 0.15) is 0 Å². The molecule has 1 aliphatic heterocycles. The molecule has 1 aromatic heterocycles. The number of hydrogen-bond acceptors (Lipinski definition) is 4. The van der Waals surface area contributed by atoms with Crippen LogP contribution < -0.4 is 4.90 Å². The first-order chi connectivity index (χ1) is 11.9. The van der Waals surface area contributed by atoms with Crippen LogP contribution in [0.25, 0.3) is 0 Å². The normalized spacial score (nSPS) is 15.5. The molecular formula is C17H18F3N3OS. The molecule has 0 aliphatic carbocycles. The van der Waals surface area contributed by atoms with Gasteiger partial charge in [-0.2, -0.15) is 13.2 Å². The van der Waals surface area contributed by atoms with Crippen molar-refractivity contribution in [1.82, 2.24) is 9.88 Å². The first-order valence-corrected chi connectivity index (χ1v) is 8.90. The number of rotatable bonds is 4. The van der Waals surface area contributed by atoms with Gasteiger partial charge in [-0.25, -0.2) is 4.98 Å². The lowest BCUT2D eigenvalue weighted by Crippen LogP contribution is -2.48. The Morgan fingerprint density at radius 3 is 2.52 bits per heavy atom. The molecule has 0 atom stereocenters. The van der Waals surface area contributed by atoms with Gasteiger partial charge in [-0.15, -0.1) is 11.3 Å². The molecule has 1 aliphatic rings. The molecule has 0 unspecified atom stereocenters. The maximum Gasteiger partial charge on any atom is 0.416 e. The van der Waals surface area contributed by atoms with Gasteiger partial charge in [0.2, 0.25) is 5.91 Å². The number of aromatic nitrogens is 1. The van der Waals surface area contributed by atoms with Gasteiger partial charge in [0.25, 0.3) is 0 Å². The zero-order valence-electron chi connectivity index (χ0n) is 13.5. The summed E-state index contributed by atoms with van der Waals surface area (Å²) in [7, 11) is 0.